The number of hydrogen-bond donors (Lipinski definition) is 1. The van der Waals surface area contributed by atoms with Gasteiger partial charge in [0.05, 0.1) is 0 Å². The van der Waals surface area contributed by atoms with Crippen LogP contribution in [0, 0.1) is 5.92 Å². The summed E-state index contributed by atoms with van der Waals surface area (Å²) in [6, 6.07) is 4.99. The highest BCUT2D eigenvalue weighted by Crippen LogP contribution is 2.26. The molecule has 18 heavy (non-hydrogen) atoms. The fourth-order valence-corrected chi connectivity index (χ4v) is 3.05. The van der Waals surface area contributed by atoms with Crippen LogP contribution in [0.4, 0.5) is 0 Å². The summed E-state index contributed by atoms with van der Waals surface area (Å²) in [7, 11) is 0. The average molecular weight is 246 g/mol. The van der Waals surface area contributed by atoms with E-state index < -0.39 is 0 Å². The predicted octanol–water partition coefficient (Wildman–Crippen LogP) is 3.57. The van der Waals surface area contributed by atoms with Gasteiger partial charge >= 0.3 is 0 Å². The van der Waals surface area contributed by atoms with Crippen molar-refractivity contribution in [3.8, 4) is 0 Å². The summed E-state index contributed by atoms with van der Waals surface area (Å²) >= 11 is 0. The summed E-state index contributed by atoms with van der Waals surface area (Å²) in [5, 5.41) is 3.76. The Labute approximate surface area is 111 Å². The van der Waals surface area contributed by atoms with Gasteiger partial charge in [-0.1, -0.05) is 32.3 Å². The lowest BCUT2D eigenvalue weighted by molar-refractivity contribution is 0.332. The quantitative estimate of drug-likeness (QED) is 0.803. The number of nitrogens with zero attached hydrogens (tertiary/aromatic N) is 1. The van der Waals surface area contributed by atoms with Crippen LogP contribution in [0.15, 0.2) is 24.5 Å². The topological polar surface area (TPSA) is 24.9 Å². The van der Waals surface area contributed by atoms with Crippen molar-refractivity contribution in [3.63, 3.8) is 0 Å². The average Bonchev–Trinajstić information content (AvgIpc) is 2.63. The van der Waals surface area contributed by atoms with Gasteiger partial charge in [-0.2, -0.15) is 0 Å². The maximum atomic E-state index is 4.24. The maximum absolute atomic E-state index is 4.24. The molecule has 1 heterocycles. The van der Waals surface area contributed by atoms with Gasteiger partial charge in [-0.25, -0.2) is 0 Å². The van der Waals surface area contributed by atoms with E-state index in [1.165, 1.54) is 50.5 Å². The van der Waals surface area contributed by atoms with E-state index in [-0.39, 0.29) is 0 Å². The van der Waals surface area contributed by atoms with Crippen LogP contribution in [0.1, 0.15) is 51.0 Å². The zero-order chi connectivity index (χ0) is 12.6. The van der Waals surface area contributed by atoms with Crippen molar-refractivity contribution in [3.05, 3.63) is 30.1 Å². The maximum Gasteiger partial charge on any atom is 0.0299 e. The fraction of sp³-hybridized carbons (Fsp3) is 0.688. The van der Waals surface area contributed by atoms with Crippen molar-refractivity contribution in [1.82, 2.24) is 10.3 Å². The van der Waals surface area contributed by atoms with E-state index in [9.17, 15) is 0 Å². The third-order valence-corrected chi connectivity index (χ3v) is 4.04. The van der Waals surface area contributed by atoms with Gasteiger partial charge in [0.1, 0.15) is 0 Å². The molecule has 0 saturated heterocycles. The molecule has 2 rings (SSSR count). The van der Waals surface area contributed by atoms with Gasteiger partial charge in [-0.3, -0.25) is 4.98 Å². The second-order valence-corrected chi connectivity index (χ2v) is 5.52. The lowest BCUT2D eigenvalue weighted by atomic mass is 9.89. The molecule has 1 saturated carbocycles. The smallest absolute Gasteiger partial charge is 0.0299 e. The van der Waals surface area contributed by atoms with Crippen molar-refractivity contribution >= 4 is 0 Å². The molecule has 1 aliphatic carbocycles. The third-order valence-electron chi connectivity index (χ3n) is 4.04. The monoisotopic (exact) mass is 246 g/mol. The van der Waals surface area contributed by atoms with E-state index in [4.69, 9.17) is 0 Å². The standard InChI is InChI=1S/C16H26N2/c1-2-10-18-16-9-5-3-4-8-15(16)12-14-7-6-11-17-13-14/h6-7,11,13,15-16,18H,2-5,8-10,12H2,1H3. The lowest BCUT2D eigenvalue weighted by Gasteiger charge is -2.26. The zero-order valence-corrected chi connectivity index (χ0v) is 11.6. The molecule has 0 radical (unpaired) electrons. The Balaban J connectivity index is 1.96. The first-order valence-corrected chi connectivity index (χ1v) is 7.52. The second-order valence-electron chi connectivity index (χ2n) is 5.52. The molecule has 1 N–H and O–H groups in total. The van der Waals surface area contributed by atoms with Crippen LogP contribution in [-0.4, -0.2) is 17.6 Å². The highest BCUT2D eigenvalue weighted by molar-refractivity contribution is 5.10. The molecule has 100 valence electrons. The minimum atomic E-state index is 0.715. The molecule has 0 aromatic carbocycles. The SMILES string of the molecule is CCCNC1CCCCCC1Cc1cccnc1. The fourth-order valence-electron chi connectivity index (χ4n) is 3.05. The number of rotatable bonds is 5. The van der Waals surface area contributed by atoms with Crippen molar-refractivity contribution in [2.24, 2.45) is 5.92 Å². The van der Waals surface area contributed by atoms with Crippen molar-refractivity contribution in [2.45, 2.75) is 57.9 Å². The Morgan fingerprint density at radius 1 is 1.28 bits per heavy atom. The van der Waals surface area contributed by atoms with Crippen LogP contribution in [-0.2, 0) is 6.42 Å². The highest BCUT2D eigenvalue weighted by atomic mass is 14.9. The Kier molecular flexibility index (Phi) is 5.66. The van der Waals surface area contributed by atoms with Gasteiger partial charge in [0, 0.05) is 18.4 Å². The molecule has 2 atom stereocenters. The van der Waals surface area contributed by atoms with Gasteiger partial charge in [0.25, 0.3) is 0 Å². The molecule has 1 aromatic rings. The van der Waals surface area contributed by atoms with E-state index in [1.807, 2.05) is 12.4 Å². The Hall–Kier alpha value is -0.890. The largest absolute Gasteiger partial charge is 0.314 e. The van der Waals surface area contributed by atoms with Crippen molar-refractivity contribution < 1.29 is 0 Å². The normalized spacial score (nSPS) is 24.7. The van der Waals surface area contributed by atoms with E-state index in [1.54, 1.807) is 0 Å². The molecule has 1 aliphatic rings. The molecule has 2 heteroatoms. The molecular weight excluding hydrogens is 220 g/mol. The van der Waals surface area contributed by atoms with Crippen LogP contribution in [0.5, 0.6) is 0 Å². The Morgan fingerprint density at radius 3 is 2.94 bits per heavy atom. The van der Waals surface area contributed by atoms with Crippen molar-refractivity contribution in [1.29, 1.82) is 0 Å². The van der Waals surface area contributed by atoms with Crippen LogP contribution >= 0.6 is 0 Å². The van der Waals surface area contributed by atoms with E-state index in [0.717, 1.165) is 12.5 Å². The Bertz CT molecular complexity index is 323. The van der Waals surface area contributed by atoms with Gasteiger partial charge in [0.15, 0.2) is 0 Å². The number of aromatic nitrogens is 1. The molecule has 0 spiro atoms. The number of nitrogens with one attached hydrogen (secondary N) is 1. The molecule has 1 aromatic heterocycles. The summed E-state index contributed by atoms with van der Waals surface area (Å²) in [5.74, 6) is 0.795. The molecule has 2 unspecified atom stereocenters. The molecule has 0 aliphatic heterocycles. The summed E-state index contributed by atoms with van der Waals surface area (Å²) in [4.78, 5) is 4.24. The minimum absolute atomic E-state index is 0.715. The highest BCUT2D eigenvalue weighted by Gasteiger charge is 2.23. The molecule has 0 amide bonds. The Morgan fingerprint density at radius 2 is 2.17 bits per heavy atom. The first-order chi connectivity index (χ1) is 8.90. The first kappa shape index (κ1) is 13.5. The first-order valence-electron chi connectivity index (χ1n) is 7.52. The van der Waals surface area contributed by atoms with Crippen LogP contribution in [0.3, 0.4) is 0 Å². The lowest BCUT2D eigenvalue weighted by Crippen LogP contribution is -2.37. The molecular formula is C16H26N2. The third kappa shape index (κ3) is 4.09. The molecule has 2 nitrogen and oxygen atoms in total. The number of hydrogen-bond acceptors (Lipinski definition) is 2. The zero-order valence-electron chi connectivity index (χ0n) is 11.6. The van der Waals surface area contributed by atoms with E-state index in [0.29, 0.717) is 6.04 Å². The van der Waals surface area contributed by atoms with E-state index >= 15 is 0 Å². The van der Waals surface area contributed by atoms with Gasteiger partial charge < -0.3 is 5.32 Å². The van der Waals surface area contributed by atoms with Gasteiger partial charge in [-0.05, 0) is 49.8 Å². The molecule has 1 fully saturated rings. The summed E-state index contributed by atoms with van der Waals surface area (Å²) < 4.78 is 0. The second kappa shape index (κ2) is 7.52. The van der Waals surface area contributed by atoms with Crippen molar-refractivity contribution in [2.75, 3.05) is 6.54 Å². The molecule has 0 bridgehead atoms. The van der Waals surface area contributed by atoms with Crippen LogP contribution in [0.25, 0.3) is 0 Å². The van der Waals surface area contributed by atoms with Crippen LogP contribution < -0.4 is 5.32 Å². The minimum Gasteiger partial charge on any atom is -0.314 e. The van der Waals surface area contributed by atoms with E-state index in [2.05, 4.69) is 29.4 Å². The van der Waals surface area contributed by atoms with Crippen LogP contribution in [0.2, 0.25) is 0 Å². The van der Waals surface area contributed by atoms with Gasteiger partial charge in [0.2, 0.25) is 0 Å². The number of pyridine rings is 1. The van der Waals surface area contributed by atoms with Gasteiger partial charge in [-0.15, -0.1) is 0 Å². The predicted molar refractivity (Wildman–Crippen MR) is 76.6 cm³/mol. The summed E-state index contributed by atoms with van der Waals surface area (Å²) in [5.41, 5.74) is 1.40. The summed E-state index contributed by atoms with van der Waals surface area (Å²) in [6.07, 6.45) is 13.2. The summed E-state index contributed by atoms with van der Waals surface area (Å²) in [6.45, 7) is 3.41.